The summed E-state index contributed by atoms with van der Waals surface area (Å²) < 4.78 is 33.4. The first kappa shape index (κ1) is 39.1. The van der Waals surface area contributed by atoms with Crippen molar-refractivity contribution in [3.8, 4) is 23.0 Å². The van der Waals surface area contributed by atoms with Gasteiger partial charge in [-0.3, -0.25) is 9.59 Å². The van der Waals surface area contributed by atoms with E-state index in [-0.39, 0.29) is 50.7 Å². The number of ether oxygens (including phenoxy) is 6. The van der Waals surface area contributed by atoms with Crippen LogP contribution in [0.15, 0.2) is 24.3 Å². The van der Waals surface area contributed by atoms with Crippen molar-refractivity contribution in [2.45, 2.75) is 32.1 Å². The Labute approximate surface area is 266 Å². The van der Waals surface area contributed by atoms with Crippen LogP contribution in [0.25, 0.3) is 0 Å². The van der Waals surface area contributed by atoms with E-state index in [1.807, 2.05) is 26.3 Å². The number of amides is 2. The van der Waals surface area contributed by atoms with Gasteiger partial charge in [-0.1, -0.05) is 31.8 Å². The topological polar surface area (TPSA) is 149 Å². The van der Waals surface area contributed by atoms with Gasteiger partial charge in [-0.25, -0.2) is 0 Å². The van der Waals surface area contributed by atoms with E-state index in [9.17, 15) is 14.9 Å². The minimum absolute atomic E-state index is 0.0453. The lowest BCUT2D eigenvalue weighted by Gasteiger charge is -2.26. The number of nitriles is 1. The number of carbonyl (C=O) groups is 2. The summed E-state index contributed by atoms with van der Waals surface area (Å²) in [5, 5.41) is 19.8. The van der Waals surface area contributed by atoms with E-state index in [1.165, 1.54) is 0 Å². The summed E-state index contributed by atoms with van der Waals surface area (Å²) in [5.41, 5.74) is 0.429. The zero-order valence-electron chi connectivity index (χ0n) is 26.4. The van der Waals surface area contributed by atoms with Gasteiger partial charge in [-0.05, 0) is 56.9 Å². The molecule has 0 saturated carbocycles. The Morgan fingerprint density at radius 3 is 2.36 bits per heavy atom. The van der Waals surface area contributed by atoms with Gasteiger partial charge in [0, 0.05) is 24.6 Å². The Hall–Kier alpha value is -2.88. The third-order valence-corrected chi connectivity index (χ3v) is 6.24. The number of benzene rings is 1. The minimum Gasteiger partial charge on any atom is -0.490 e. The first-order valence-corrected chi connectivity index (χ1v) is 15.5. The van der Waals surface area contributed by atoms with Crippen LogP contribution in [0.1, 0.15) is 37.6 Å². The summed E-state index contributed by atoms with van der Waals surface area (Å²) in [7, 11) is 1.91. The SMILES string of the molecule is CNCCCOCCOCCOCCNC(=O)c1cccc(OCC(C)(OCCOCC(=O)NCC#CC(C)C)SC#N)c1. The van der Waals surface area contributed by atoms with Gasteiger partial charge in [0.25, 0.3) is 5.91 Å². The lowest BCUT2D eigenvalue weighted by molar-refractivity contribution is -0.126. The molecular formula is C31H48N4O8S. The molecule has 1 aromatic rings. The van der Waals surface area contributed by atoms with Crippen LogP contribution in [0.2, 0.25) is 0 Å². The Balaban J connectivity index is 2.28. The molecule has 0 aromatic heterocycles. The van der Waals surface area contributed by atoms with E-state index in [2.05, 4.69) is 27.8 Å². The standard InChI is InChI=1S/C31H48N4O8S/c1-26(2)8-6-12-34-29(36)23-41-20-21-43-31(3,44-25-32)24-42-28-10-5-9-27(22-28)30(37)35-13-15-39-17-19-40-18-16-38-14-7-11-33-4/h5,9-10,22,26,33H,7,11-21,23-24H2,1-4H3,(H,34,36)(H,35,37). The summed E-state index contributed by atoms with van der Waals surface area (Å²) >= 11 is 0.913. The van der Waals surface area contributed by atoms with E-state index < -0.39 is 4.93 Å². The highest BCUT2D eigenvalue weighted by molar-refractivity contribution is 8.04. The summed E-state index contributed by atoms with van der Waals surface area (Å²) in [5.74, 6) is 6.01. The fourth-order valence-corrected chi connectivity index (χ4v) is 3.75. The molecule has 44 heavy (non-hydrogen) atoms. The fourth-order valence-electron chi connectivity index (χ4n) is 3.30. The first-order chi connectivity index (χ1) is 21.3. The second-order valence-corrected chi connectivity index (χ2v) is 11.1. The van der Waals surface area contributed by atoms with Crippen LogP contribution in [-0.4, -0.2) is 109 Å². The van der Waals surface area contributed by atoms with Crippen LogP contribution >= 0.6 is 11.8 Å². The second kappa shape index (κ2) is 25.4. The molecule has 13 heteroatoms. The number of nitrogens with zero attached hydrogens (tertiary/aromatic N) is 1. The Kier molecular flexibility index (Phi) is 22.6. The number of hydrogen-bond acceptors (Lipinski definition) is 11. The van der Waals surface area contributed by atoms with Crippen LogP contribution in [0.5, 0.6) is 5.75 Å². The maximum atomic E-state index is 12.6. The first-order valence-electron chi connectivity index (χ1n) is 14.7. The zero-order chi connectivity index (χ0) is 32.3. The molecule has 0 saturated heterocycles. The van der Waals surface area contributed by atoms with Crippen molar-refractivity contribution in [3.05, 3.63) is 29.8 Å². The summed E-state index contributed by atoms with van der Waals surface area (Å²) in [6.45, 7) is 10.5. The van der Waals surface area contributed by atoms with E-state index in [0.29, 0.717) is 57.5 Å². The maximum absolute atomic E-state index is 12.6. The van der Waals surface area contributed by atoms with Gasteiger partial charge in [0.1, 0.15) is 24.4 Å². The average Bonchev–Trinajstić information content (AvgIpc) is 3.00. The zero-order valence-corrected chi connectivity index (χ0v) is 27.2. The van der Waals surface area contributed by atoms with E-state index in [4.69, 9.17) is 28.4 Å². The quantitative estimate of drug-likeness (QED) is 0.0628. The number of nitrogens with one attached hydrogen (secondary N) is 3. The summed E-state index contributed by atoms with van der Waals surface area (Å²) in [4.78, 5) is 23.4. The maximum Gasteiger partial charge on any atom is 0.251 e. The van der Waals surface area contributed by atoms with Crippen LogP contribution in [0.4, 0.5) is 0 Å². The molecule has 0 radical (unpaired) electrons. The largest absolute Gasteiger partial charge is 0.490 e. The molecular weight excluding hydrogens is 588 g/mol. The lowest BCUT2D eigenvalue weighted by atomic mass is 10.2. The number of hydrogen-bond donors (Lipinski definition) is 3. The van der Waals surface area contributed by atoms with E-state index in [1.54, 1.807) is 31.2 Å². The van der Waals surface area contributed by atoms with Crippen LogP contribution < -0.4 is 20.7 Å². The van der Waals surface area contributed by atoms with Crippen molar-refractivity contribution < 1.29 is 38.0 Å². The van der Waals surface area contributed by atoms with E-state index >= 15 is 0 Å². The lowest BCUT2D eigenvalue weighted by Crippen LogP contribution is -2.34. The molecule has 0 fully saturated rings. The second-order valence-electron chi connectivity index (χ2n) is 9.85. The molecule has 0 spiro atoms. The van der Waals surface area contributed by atoms with Crippen molar-refractivity contribution in [1.29, 1.82) is 5.26 Å². The van der Waals surface area contributed by atoms with Gasteiger partial charge in [0.05, 0.1) is 52.8 Å². The smallest absolute Gasteiger partial charge is 0.251 e. The van der Waals surface area contributed by atoms with Gasteiger partial charge in [-0.2, -0.15) is 5.26 Å². The molecule has 0 aliphatic rings. The minimum atomic E-state index is -0.995. The molecule has 0 aliphatic carbocycles. The predicted octanol–water partition coefficient (Wildman–Crippen LogP) is 2.19. The van der Waals surface area contributed by atoms with Gasteiger partial charge in [0.2, 0.25) is 5.91 Å². The van der Waals surface area contributed by atoms with Crippen molar-refractivity contribution >= 4 is 23.6 Å². The molecule has 1 atom stereocenters. The summed E-state index contributed by atoms with van der Waals surface area (Å²) in [6, 6.07) is 6.74. The molecule has 1 aromatic carbocycles. The molecule has 1 rings (SSSR count). The normalized spacial score (nSPS) is 12.1. The van der Waals surface area contributed by atoms with Crippen molar-refractivity contribution in [2.75, 3.05) is 92.8 Å². The average molecular weight is 637 g/mol. The Bertz CT molecular complexity index is 1040. The third kappa shape index (κ3) is 20.9. The van der Waals surface area contributed by atoms with Gasteiger partial charge >= 0.3 is 0 Å². The van der Waals surface area contributed by atoms with Gasteiger partial charge in [-0.15, -0.1) is 0 Å². The third-order valence-electron chi connectivity index (χ3n) is 5.48. The molecule has 3 N–H and O–H groups in total. The fraction of sp³-hybridized carbons (Fsp3) is 0.645. The predicted molar refractivity (Wildman–Crippen MR) is 169 cm³/mol. The molecule has 0 aliphatic heterocycles. The molecule has 12 nitrogen and oxygen atoms in total. The van der Waals surface area contributed by atoms with Gasteiger partial charge < -0.3 is 44.4 Å². The van der Waals surface area contributed by atoms with E-state index in [0.717, 1.165) is 24.7 Å². The van der Waals surface area contributed by atoms with Crippen LogP contribution in [0, 0.1) is 28.4 Å². The van der Waals surface area contributed by atoms with Crippen LogP contribution in [-0.2, 0) is 28.5 Å². The molecule has 2 amide bonds. The number of rotatable bonds is 25. The highest BCUT2D eigenvalue weighted by Gasteiger charge is 2.28. The number of thioether (sulfide) groups is 1. The number of carbonyl (C=O) groups excluding carboxylic acids is 2. The molecule has 246 valence electrons. The Morgan fingerprint density at radius 1 is 0.955 bits per heavy atom. The molecule has 0 bridgehead atoms. The van der Waals surface area contributed by atoms with Crippen LogP contribution in [0.3, 0.4) is 0 Å². The molecule has 0 heterocycles. The van der Waals surface area contributed by atoms with Crippen molar-refractivity contribution in [2.24, 2.45) is 5.92 Å². The highest BCUT2D eigenvalue weighted by Crippen LogP contribution is 2.27. The van der Waals surface area contributed by atoms with Crippen molar-refractivity contribution in [3.63, 3.8) is 0 Å². The highest BCUT2D eigenvalue weighted by atomic mass is 32.2. The monoisotopic (exact) mass is 636 g/mol. The van der Waals surface area contributed by atoms with Gasteiger partial charge in [0.15, 0.2) is 4.93 Å². The summed E-state index contributed by atoms with van der Waals surface area (Å²) in [6.07, 6.45) is 0.968. The number of thiocyanates is 1. The Morgan fingerprint density at radius 2 is 1.66 bits per heavy atom. The van der Waals surface area contributed by atoms with Crippen molar-refractivity contribution in [1.82, 2.24) is 16.0 Å². The molecule has 1 unspecified atom stereocenters.